The van der Waals surface area contributed by atoms with Crippen molar-refractivity contribution in [2.45, 2.75) is 37.2 Å². The van der Waals surface area contributed by atoms with Crippen LogP contribution in [-0.4, -0.2) is 24.9 Å². The van der Waals surface area contributed by atoms with Gasteiger partial charge in [-0.05, 0) is 42.0 Å². The summed E-state index contributed by atoms with van der Waals surface area (Å²) in [7, 11) is 3.32. The van der Waals surface area contributed by atoms with Crippen molar-refractivity contribution < 1.29 is 14.6 Å². The minimum atomic E-state index is -0.788. The molecule has 2 aromatic rings. The van der Waals surface area contributed by atoms with Gasteiger partial charge in [-0.25, -0.2) is 0 Å². The monoisotopic (exact) mass is 310 g/mol. The van der Waals surface area contributed by atoms with Crippen molar-refractivity contribution in [2.24, 2.45) is 0 Å². The van der Waals surface area contributed by atoms with Crippen molar-refractivity contribution >= 4 is 0 Å². The average molecular weight is 310 g/mol. The Kier molecular flexibility index (Phi) is 3.17. The summed E-state index contributed by atoms with van der Waals surface area (Å²) in [5.41, 5.74) is 4.24. The van der Waals surface area contributed by atoms with Gasteiger partial charge in [0.2, 0.25) is 0 Å². The second-order valence-electron chi connectivity index (χ2n) is 6.89. The van der Waals surface area contributed by atoms with E-state index in [0.717, 1.165) is 23.5 Å². The topological polar surface area (TPSA) is 38.7 Å². The Bertz CT molecular complexity index is 763. The van der Waals surface area contributed by atoms with Crippen LogP contribution >= 0.6 is 0 Å². The van der Waals surface area contributed by atoms with Crippen molar-refractivity contribution in [1.82, 2.24) is 0 Å². The Morgan fingerprint density at radius 1 is 1.04 bits per heavy atom. The minimum absolute atomic E-state index is 0.143. The summed E-state index contributed by atoms with van der Waals surface area (Å²) in [5.74, 6) is 1.94. The molecule has 0 aromatic heterocycles. The number of ether oxygens (including phenoxy) is 2. The fourth-order valence-electron chi connectivity index (χ4n) is 4.66. The van der Waals surface area contributed by atoms with E-state index in [0.29, 0.717) is 12.3 Å². The lowest BCUT2D eigenvalue weighted by Crippen LogP contribution is -2.41. The Balaban J connectivity index is 1.92. The van der Waals surface area contributed by atoms with E-state index in [2.05, 4.69) is 30.3 Å². The zero-order valence-corrected chi connectivity index (χ0v) is 13.8. The van der Waals surface area contributed by atoms with Gasteiger partial charge < -0.3 is 14.6 Å². The van der Waals surface area contributed by atoms with Crippen LogP contribution in [-0.2, 0) is 12.8 Å². The lowest BCUT2D eigenvalue weighted by molar-refractivity contribution is 0.0169. The largest absolute Gasteiger partial charge is 0.493 e. The Morgan fingerprint density at radius 3 is 2.57 bits per heavy atom. The molecule has 23 heavy (non-hydrogen) atoms. The van der Waals surface area contributed by atoms with Crippen molar-refractivity contribution in [3.8, 4) is 11.5 Å². The maximum atomic E-state index is 11.2. The molecule has 2 aliphatic carbocycles. The van der Waals surface area contributed by atoms with Crippen molar-refractivity contribution in [3.05, 3.63) is 58.7 Å². The molecule has 0 heterocycles. The molecule has 3 atom stereocenters. The van der Waals surface area contributed by atoms with Gasteiger partial charge in [0.25, 0.3) is 0 Å². The van der Waals surface area contributed by atoms with E-state index in [1.807, 2.05) is 13.0 Å². The van der Waals surface area contributed by atoms with E-state index in [-0.39, 0.29) is 5.92 Å². The van der Waals surface area contributed by atoms with Crippen LogP contribution in [0.2, 0.25) is 0 Å². The van der Waals surface area contributed by atoms with E-state index in [9.17, 15) is 5.11 Å². The standard InChI is InChI=1S/C20H22O3/c1-20(21)11-16-14(8-9-17(22-2)19(16)23-3)15-10-12-6-4-5-7-13(12)18(15)20/h4-9,15,18,21H,10-11H2,1-3H3. The lowest BCUT2D eigenvalue weighted by atomic mass is 9.67. The van der Waals surface area contributed by atoms with Gasteiger partial charge in [0, 0.05) is 17.9 Å². The predicted octanol–water partition coefficient (Wildman–Crippen LogP) is 3.43. The molecule has 0 aliphatic heterocycles. The quantitative estimate of drug-likeness (QED) is 0.923. The van der Waals surface area contributed by atoms with Crippen LogP contribution in [0.5, 0.6) is 11.5 Å². The third-order valence-electron chi connectivity index (χ3n) is 5.52. The number of fused-ring (bicyclic) bond motifs is 5. The van der Waals surface area contributed by atoms with Gasteiger partial charge in [-0.1, -0.05) is 30.3 Å². The molecule has 1 N–H and O–H groups in total. The smallest absolute Gasteiger partial charge is 0.164 e. The van der Waals surface area contributed by atoms with Gasteiger partial charge in [0.15, 0.2) is 11.5 Å². The number of hydrogen-bond acceptors (Lipinski definition) is 3. The first-order valence-electron chi connectivity index (χ1n) is 8.10. The first-order valence-corrected chi connectivity index (χ1v) is 8.10. The number of hydrogen-bond donors (Lipinski definition) is 1. The van der Waals surface area contributed by atoms with Crippen LogP contribution in [0, 0.1) is 0 Å². The van der Waals surface area contributed by atoms with Crippen molar-refractivity contribution in [1.29, 1.82) is 0 Å². The fourth-order valence-corrected chi connectivity index (χ4v) is 4.66. The summed E-state index contributed by atoms with van der Waals surface area (Å²) < 4.78 is 11.1. The molecule has 4 rings (SSSR count). The van der Waals surface area contributed by atoms with Crippen LogP contribution in [0.1, 0.15) is 41.0 Å². The van der Waals surface area contributed by atoms with Crippen molar-refractivity contribution in [2.75, 3.05) is 14.2 Å². The van der Waals surface area contributed by atoms with Gasteiger partial charge in [-0.3, -0.25) is 0 Å². The molecule has 0 bridgehead atoms. The summed E-state index contributed by atoms with van der Waals surface area (Å²) >= 11 is 0. The van der Waals surface area contributed by atoms with Gasteiger partial charge in [0.1, 0.15) is 0 Å². The third-order valence-corrected chi connectivity index (χ3v) is 5.52. The average Bonchev–Trinajstić information content (AvgIpc) is 2.94. The molecule has 3 nitrogen and oxygen atoms in total. The number of aliphatic hydroxyl groups is 1. The molecular weight excluding hydrogens is 288 g/mol. The fraction of sp³-hybridized carbons (Fsp3) is 0.400. The molecule has 3 unspecified atom stereocenters. The summed E-state index contributed by atoms with van der Waals surface area (Å²) in [6, 6.07) is 12.6. The molecule has 0 saturated carbocycles. The maximum Gasteiger partial charge on any atom is 0.164 e. The normalized spacial score (nSPS) is 27.8. The maximum absolute atomic E-state index is 11.2. The molecular formula is C20H22O3. The third kappa shape index (κ3) is 1.99. The molecule has 0 fully saturated rings. The summed E-state index contributed by atoms with van der Waals surface area (Å²) in [4.78, 5) is 0. The summed E-state index contributed by atoms with van der Waals surface area (Å²) in [5, 5.41) is 11.2. The molecule has 0 spiro atoms. The predicted molar refractivity (Wildman–Crippen MR) is 89.5 cm³/mol. The highest BCUT2D eigenvalue weighted by Crippen LogP contribution is 2.56. The SMILES string of the molecule is COc1ccc2c(c1OC)CC(C)(O)C1c3ccccc3CC21. The zero-order chi connectivity index (χ0) is 16.2. The van der Waals surface area contributed by atoms with Crippen LogP contribution in [0.3, 0.4) is 0 Å². The van der Waals surface area contributed by atoms with E-state index in [1.165, 1.54) is 16.7 Å². The molecule has 2 aliphatic rings. The second kappa shape index (κ2) is 5.00. The van der Waals surface area contributed by atoms with E-state index < -0.39 is 5.60 Å². The molecule has 2 aromatic carbocycles. The zero-order valence-electron chi connectivity index (χ0n) is 13.8. The van der Waals surface area contributed by atoms with Gasteiger partial charge in [-0.2, -0.15) is 0 Å². The Hall–Kier alpha value is -2.00. The summed E-state index contributed by atoms with van der Waals surface area (Å²) in [6.45, 7) is 1.95. The molecule has 120 valence electrons. The van der Waals surface area contributed by atoms with E-state index in [1.54, 1.807) is 14.2 Å². The molecule has 3 heteroatoms. The molecule has 0 amide bonds. The van der Waals surface area contributed by atoms with Crippen LogP contribution in [0.25, 0.3) is 0 Å². The van der Waals surface area contributed by atoms with Gasteiger partial charge >= 0.3 is 0 Å². The second-order valence-corrected chi connectivity index (χ2v) is 6.89. The minimum Gasteiger partial charge on any atom is -0.493 e. The van der Waals surface area contributed by atoms with Crippen LogP contribution < -0.4 is 9.47 Å². The van der Waals surface area contributed by atoms with E-state index in [4.69, 9.17) is 9.47 Å². The highest BCUT2D eigenvalue weighted by molar-refractivity contribution is 5.57. The van der Waals surface area contributed by atoms with Crippen LogP contribution in [0.4, 0.5) is 0 Å². The molecule has 0 saturated heterocycles. The van der Waals surface area contributed by atoms with Gasteiger partial charge in [0.05, 0.1) is 19.8 Å². The number of benzene rings is 2. The van der Waals surface area contributed by atoms with Gasteiger partial charge in [-0.15, -0.1) is 0 Å². The number of methoxy groups -OCH3 is 2. The first-order chi connectivity index (χ1) is 11.1. The highest BCUT2D eigenvalue weighted by atomic mass is 16.5. The summed E-state index contributed by atoms with van der Waals surface area (Å²) in [6.07, 6.45) is 1.55. The van der Waals surface area contributed by atoms with Crippen LogP contribution in [0.15, 0.2) is 36.4 Å². The Morgan fingerprint density at radius 2 is 1.83 bits per heavy atom. The first kappa shape index (κ1) is 14.6. The highest BCUT2D eigenvalue weighted by Gasteiger charge is 2.49. The van der Waals surface area contributed by atoms with Crippen molar-refractivity contribution in [3.63, 3.8) is 0 Å². The van der Waals surface area contributed by atoms with E-state index >= 15 is 0 Å². The Labute approximate surface area is 136 Å². The number of rotatable bonds is 2. The molecule has 0 radical (unpaired) electrons. The lowest BCUT2D eigenvalue weighted by Gasteiger charge is -2.41.